The molecule has 2 amide bonds. The number of hydrogen-bond donors (Lipinski definition) is 0. The van der Waals surface area contributed by atoms with Crippen LogP contribution in [0.4, 0.5) is 0 Å². The molecule has 6 nitrogen and oxygen atoms in total. The smallest absolute Gasteiger partial charge is 0.263 e. The Morgan fingerprint density at radius 3 is 2.53 bits per heavy atom. The predicted octanol–water partition coefficient (Wildman–Crippen LogP) is 2.40. The molecule has 0 aliphatic carbocycles. The minimum atomic E-state index is -0.222. The lowest BCUT2D eigenvalue weighted by Crippen LogP contribution is -2.43. The van der Waals surface area contributed by atoms with Crippen LogP contribution in [0.15, 0.2) is 53.5 Å². The van der Waals surface area contributed by atoms with Crippen LogP contribution in [0, 0.1) is 0 Å². The number of nitrogens with zero attached hydrogens (tertiary/aromatic N) is 3. The van der Waals surface area contributed by atoms with Crippen LogP contribution in [0.2, 0.25) is 0 Å². The number of amides is 2. The fraction of sp³-hybridized carbons (Fsp3) is 0.375. The Labute approximate surface area is 176 Å². The number of benzene rings is 1. The van der Waals surface area contributed by atoms with Gasteiger partial charge in [-0.25, -0.2) is 0 Å². The van der Waals surface area contributed by atoms with Crippen molar-refractivity contribution >= 4 is 11.8 Å². The molecular weight excluding hydrogens is 378 g/mol. The van der Waals surface area contributed by atoms with Crippen molar-refractivity contribution in [2.75, 3.05) is 19.6 Å². The van der Waals surface area contributed by atoms with Gasteiger partial charge in [0.15, 0.2) is 0 Å². The summed E-state index contributed by atoms with van der Waals surface area (Å²) in [6, 6.07) is 10.00. The van der Waals surface area contributed by atoms with Gasteiger partial charge in [0.25, 0.3) is 11.5 Å². The van der Waals surface area contributed by atoms with E-state index >= 15 is 0 Å². The van der Waals surface area contributed by atoms with Crippen molar-refractivity contribution in [3.05, 3.63) is 81.3 Å². The summed E-state index contributed by atoms with van der Waals surface area (Å²) in [5.41, 5.74) is 2.93. The molecule has 2 aliphatic rings. The summed E-state index contributed by atoms with van der Waals surface area (Å²) in [4.78, 5) is 42.1. The van der Waals surface area contributed by atoms with E-state index in [0.29, 0.717) is 51.1 Å². The molecule has 30 heavy (non-hydrogen) atoms. The molecule has 0 bridgehead atoms. The molecule has 6 heteroatoms. The third-order valence-electron chi connectivity index (χ3n) is 5.96. The maximum atomic E-state index is 13.4. The SMILES string of the molecule is CC(=O)N1CCc2c(cn(CCc3ccccc3)c(=O)c2C(=O)N2CC=CCC2)C1. The molecule has 2 aromatic rings. The highest BCUT2D eigenvalue weighted by atomic mass is 16.2. The van der Waals surface area contributed by atoms with E-state index in [4.69, 9.17) is 0 Å². The number of aryl methyl sites for hydroxylation is 2. The molecule has 0 radical (unpaired) electrons. The fourth-order valence-corrected chi connectivity index (χ4v) is 4.24. The number of rotatable bonds is 4. The highest BCUT2D eigenvalue weighted by Gasteiger charge is 2.29. The van der Waals surface area contributed by atoms with E-state index in [1.54, 1.807) is 21.3 Å². The minimum absolute atomic E-state index is 0.0109. The number of hydrogen-bond acceptors (Lipinski definition) is 3. The number of fused-ring (bicyclic) bond motifs is 1. The van der Waals surface area contributed by atoms with Crippen molar-refractivity contribution in [3.63, 3.8) is 0 Å². The highest BCUT2D eigenvalue weighted by molar-refractivity contribution is 5.96. The summed E-state index contributed by atoms with van der Waals surface area (Å²) < 4.78 is 1.66. The van der Waals surface area contributed by atoms with Crippen LogP contribution in [0.5, 0.6) is 0 Å². The van der Waals surface area contributed by atoms with Gasteiger partial charge in [-0.2, -0.15) is 0 Å². The summed E-state index contributed by atoms with van der Waals surface area (Å²) in [7, 11) is 0. The number of carbonyl (C=O) groups is 2. The predicted molar refractivity (Wildman–Crippen MR) is 115 cm³/mol. The Hall–Kier alpha value is -3.15. The zero-order chi connectivity index (χ0) is 21.1. The van der Waals surface area contributed by atoms with Gasteiger partial charge in [-0.15, -0.1) is 0 Å². The normalized spacial score (nSPS) is 15.8. The van der Waals surface area contributed by atoms with Gasteiger partial charge in [-0.05, 0) is 36.0 Å². The second-order valence-corrected chi connectivity index (χ2v) is 7.94. The van der Waals surface area contributed by atoms with E-state index in [1.807, 2.05) is 42.6 Å². The average Bonchev–Trinajstić information content (AvgIpc) is 2.78. The zero-order valence-corrected chi connectivity index (χ0v) is 17.3. The lowest BCUT2D eigenvalue weighted by Gasteiger charge is -2.31. The average molecular weight is 405 g/mol. The number of pyridine rings is 1. The Kier molecular flexibility index (Phi) is 5.84. The largest absolute Gasteiger partial charge is 0.338 e. The van der Waals surface area contributed by atoms with Gasteiger partial charge in [0.05, 0.1) is 0 Å². The van der Waals surface area contributed by atoms with Gasteiger partial charge in [-0.3, -0.25) is 14.4 Å². The first kappa shape index (κ1) is 20.1. The van der Waals surface area contributed by atoms with E-state index in [0.717, 1.165) is 23.1 Å². The molecule has 0 N–H and O–H groups in total. The highest BCUT2D eigenvalue weighted by Crippen LogP contribution is 2.22. The monoisotopic (exact) mass is 405 g/mol. The third-order valence-corrected chi connectivity index (χ3v) is 5.96. The molecular formula is C24H27N3O3. The van der Waals surface area contributed by atoms with Crippen molar-refractivity contribution in [2.45, 2.75) is 39.3 Å². The van der Waals surface area contributed by atoms with Gasteiger partial charge in [0.1, 0.15) is 5.56 Å². The molecule has 3 heterocycles. The molecule has 156 valence electrons. The Morgan fingerprint density at radius 1 is 1.03 bits per heavy atom. The molecule has 0 fully saturated rings. The first-order valence-corrected chi connectivity index (χ1v) is 10.5. The van der Waals surface area contributed by atoms with Crippen LogP contribution in [-0.4, -0.2) is 45.8 Å². The van der Waals surface area contributed by atoms with E-state index < -0.39 is 0 Å². The van der Waals surface area contributed by atoms with Gasteiger partial charge in [0, 0.05) is 45.8 Å². The standard InChI is InChI=1S/C24H27N3O3/c1-18(28)26-15-11-21-20(16-26)17-27(14-10-19-8-4-2-5-9-19)24(30)22(21)23(29)25-12-6-3-7-13-25/h2-6,8-9,17H,7,10-16H2,1H3. The molecule has 0 atom stereocenters. The molecule has 2 aliphatic heterocycles. The van der Waals surface area contributed by atoms with Crippen molar-refractivity contribution < 1.29 is 9.59 Å². The molecule has 1 aromatic carbocycles. The third kappa shape index (κ3) is 4.08. The first-order valence-electron chi connectivity index (χ1n) is 10.5. The summed E-state index contributed by atoms with van der Waals surface area (Å²) >= 11 is 0. The van der Waals surface area contributed by atoms with Crippen LogP contribution in [0.1, 0.15) is 40.4 Å². The summed E-state index contributed by atoms with van der Waals surface area (Å²) in [5.74, 6) is -0.178. The second-order valence-electron chi connectivity index (χ2n) is 7.94. The fourth-order valence-electron chi connectivity index (χ4n) is 4.24. The Balaban J connectivity index is 1.72. The van der Waals surface area contributed by atoms with Gasteiger partial charge in [0.2, 0.25) is 5.91 Å². The van der Waals surface area contributed by atoms with E-state index in [-0.39, 0.29) is 17.4 Å². The molecule has 0 unspecified atom stereocenters. The molecule has 1 aromatic heterocycles. The topological polar surface area (TPSA) is 62.6 Å². The van der Waals surface area contributed by atoms with Crippen LogP contribution in [0.3, 0.4) is 0 Å². The van der Waals surface area contributed by atoms with Crippen LogP contribution in [0.25, 0.3) is 0 Å². The summed E-state index contributed by atoms with van der Waals surface area (Å²) in [5, 5.41) is 0. The first-order chi connectivity index (χ1) is 14.5. The summed E-state index contributed by atoms with van der Waals surface area (Å²) in [6.07, 6.45) is 7.93. The minimum Gasteiger partial charge on any atom is -0.338 e. The van der Waals surface area contributed by atoms with Crippen molar-refractivity contribution in [2.24, 2.45) is 0 Å². The van der Waals surface area contributed by atoms with Gasteiger partial charge >= 0.3 is 0 Å². The van der Waals surface area contributed by atoms with E-state index in [1.165, 1.54) is 0 Å². The lowest BCUT2D eigenvalue weighted by molar-refractivity contribution is -0.129. The molecule has 0 saturated carbocycles. The van der Waals surface area contributed by atoms with Gasteiger partial charge in [-0.1, -0.05) is 42.5 Å². The second kappa shape index (κ2) is 8.69. The molecule has 0 spiro atoms. The Morgan fingerprint density at radius 2 is 1.83 bits per heavy atom. The van der Waals surface area contributed by atoms with Crippen LogP contribution < -0.4 is 5.56 Å². The van der Waals surface area contributed by atoms with Gasteiger partial charge < -0.3 is 14.4 Å². The molecule has 0 saturated heterocycles. The van der Waals surface area contributed by atoms with Crippen LogP contribution in [-0.2, 0) is 30.7 Å². The van der Waals surface area contributed by atoms with Crippen molar-refractivity contribution in [1.29, 1.82) is 0 Å². The van der Waals surface area contributed by atoms with Crippen molar-refractivity contribution in [3.8, 4) is 0 Å². The maximum absolute atomic E-state index is 13.4. The summed E-state index contributed by atoms with van der Waals surface area (Å²) in [6.45, 7) is 4.19. The Bertz CT molecular complexity index is 1040. The zero-order valence-electron chi connectivity index (χ0n) is 17.3. The quantitative estimate of drug-likeness (QED) is 0.734. The number of carbonyl (C=O) groups excluding carboxylic acids is 2. The van der Waals surface area contributed by atoms with Crippen LogP contribution >= 0.6 is 0 Å². The van der Waals surface area contributed by atoms with E-state index in [2.05, 4.69) is 6.08 Å². The number of aromatic nitrogens is 1. The lowest BCUT2D eigenvalue weighted by atomic mass is 9.95. The van der Waals surface area contributed by atoms with E-state index in [9.17, 15) is 14.4 Å². The molecule has 4 rings (SSSR count). The maximum Gasteiger partial charge on any atom is 0.263 e. The van der Waals surface area contributed by atoms with Crippen molar-refractivity contribution in [1.82, 2.24) is 14.4 Å².